The van der Waals surface area contributed by atoms with E-state index in [-0.39, 0.29) is 17.4 Å². The van der Waals surface area contributed by atoms with E-state index in [1.807, 2.05) is 37.3 Å². The molecule has 4 rings (SSSR count). The number of carbonyl (C=O) groups is 1. The largest absolute Gasteiger partial charge is 0.493 e. The first kappa shape index (κ1) is 23.2. The lowest BCUT2D eigenvalue weighted by atomic mass is 10.1. The molecule has 0 spiro atoms. The highest BCUT2D eigenvalue weighted by molar-refractivity contribution is 6.06. The molecular formula is C25H24F2N4O3. The molecule has 0 saturated heterocycles. The van der Waals surface area contributed by atoms with Crippen LogP contribution in [0.4, 0.5) is 8.78 Å². The van der Waals surface area contributed by atoms with Crippen molar-refractivity contribution in [3.63, 3.8) is 0 Å². The maximum absolute atomic E-state index is 13.1. The number of rotatable bonds is 9. The number of methoxy groups -OCH3 is 1. The first-order valence-corrected chi connectivity index (χ1v) is 10.8. The number of aromatic nitrogens is 3. The lowest BCUT2D eigenvalue weighted by Crippen LogP contribution is -2.26. The Morgan fingerprint density at radius 1 is 1.12 bits per heavy atom. The van der Waals surface area contributed by atoms with E-state index in [1.165, 1.54) is 13.2 Å². The van der Waals surface area contributed by atoms with Crippen LogP contribution in [-0.2, 0) is 13.0 Å². The van der Waals surface area contributed by atoms with Gasteiger partial charge in [-0.05, 0) is 37.1 Å². The van der Waals surface area contributed by atoms with Crippen LogP contribution < -0.4 is 14.8 Å². The third-order valence-corrected chi connectivity index (χ3v) is 5.37. The lowest BCUT2D eigenvalue weighted by Gasteiger charge is -2.12. The Morgan fingerprint density at radius 3 is 2.62 bits per heavy atom. The molecule has 0 aliphatic carbocycles. The number of fused-ring (bicyclic) bond motifs is 1. The van der Waals surface area contributed by atoms with Gasteiger partial charge >= 0.3 is 6.61 Å². The van der Waals surface area contributed by atoms with Gasteiger partial charge in [0.1, 0.15) is 0 Å². The molecule has 9 heteroatoms. The van der Waals surface area contributed by atoms with Crippen LogP contribution in [0.5, 0.6) is 11.5 Å². The second-order valence-corrected chi connectivity index (χ2v) is 7.49. The number of nitrogens with one attached hydrogen (secondary N) is 1. The van der Waals surface area contributed by atoms with Crippen molar-refractivity contribution in [3.05, 3.63) is 71.9 Å². The average molecular weight is 466 g/mol. The van der Waals surface area contributed by atoms with Crippen LogP contribution in [0.1, 0.15) is 22.8 Å². The van der Waals surface area contributed by atoms with Gasteiger partial charge < -0.3 is 14.8 Å². The Balaban J connectivity index is 1.55. The molecule has 0 bridgehead atoms. The van der Waals surface area contributed by atoms with E-state index in [1.54, 1.807) is 29.1 Å². The molecule has 2 heterocycles. The van der Waals surface area contributed by atoms with E-state index in [4.69, 9.17) is 9.72 Å². The first-order valence-electron chi connectivity index (χ1n) is 10.8. The molecule has 176 valence electrons. The van der Waals surface area contributed by atoms with Crippen molar-refractivity contribution in [1.29, 1.82) is 0 Å². The van der Waals surface area contributed by atoms with Crippen molar-refractivity contribution in [2.45, 2.75) is 26.5 Å². The molecule has 2 aromatic heterocycles. The summed E-state index contributed by atoms with van der Waals surface area (Å²) in [6.45, 7) is -0.0767. The molecule has 0 aliphatic heterocycles. The van der Waals surface area contributed by atoms with Gasteiger partial charge in [-0.1, -0.05) is 36.4 Å². The molecule has 0 unspecified atom stereocenters. The summed E-state index contributed by atoms with van der Waals surface area (Å²) in [6, 6.07) is 16.2. The molecule has 1 amide bonds. The zero-order chi connectivity index (χ0) is 24.1. The fourth-order valence-electron chi connectivity index (χ4n) is 3.70. The summed E-state index contributed by atoms with van der Waals surface area (Å²) in [7, 11) is 1.38. The summed E-state index contributed by atoms with van der Waals surface area (Å²) in [4.78, 5) is 17.9. The van der Waals surface area contributed by atoms with Crippen LogP contribution in [0.3, 0.4) is 0 Å². The molecule has 0 aliphatic rings. The highest BCUT2D eigenvalue weighted by Crippen LogP contribution is 2.30. The summed E-state index contributed by atoms with van der Waals surface area (Å²) in [5.41, 5.74) is 3.41. The number of carbonyl (C=O) groups excluding carboxylic acids is 1. The second-order valence-electron chi connectivity index (χ2n) is 7.49. The minimum absolute atomic E-state index is 0.0448. The van der Waals surface area contributed by atoms with E-state index in [2.05, 4.69) is 15.2 Å². The smallest absolute Gasteiger partial charge is 0.387 e. The van der Waals surface area contributed by atoms with E-state index >= 15 is 0 Å². The SMILES string of the molecule is CCn1ncc2c(C(=O)NCCc3ccc(OC)c(OC(F)F)c3)cc(-c3ccccc3)nc21. The molecule has 2 aromatic carbocycles. The highest BCUT2D eigenvalue weighted by Gasteiger charge is 2.17. The Labute approximate surface area is 195 Å². The fraction of sp³-hybridized carbons (Fsp3) is 0.240. The molecule has 34 heavy (non-hydrogen) atoms. The van der Waals surface area contributed by atoms with Crippen molar-refractivity contribution in [1.82, 2.24) is 20.1 Å². The molecule has 0 atom stereocenters. The van der Waals surface area contributed by atoms with E-state index in [9.17, 15) is 13.6 Å². The maximum Gasteiger partial charge on any atom is 0.387 e. The van der Waals surface area contributed by atoms with Crippen LogP contribution in [0, 0.1) is 0 Å². The molecule has 0 radical (unpaired) electrons. The Hall–Kier alpha value is -4.01. The number of nitrogens with zero attached hydrogens (tertiary/aromatic N) is 3. The Kier molecular flexibility index (Phi) is 7.01. The van der Waals surface area contributed by atoms with Crippen LogP contribution in [-0.4, -0.2) is 40.9 Å². The van der Waals surface area contributed by atoms with Crippen molar-refractivity contribution in [3.8, 4) is 22.8 Å². The highest BCUT2D eigenvalue weighted by atomic mass is 19.3. The Bertz CT molecular complexity index is 1290. The number of aryl methyl sites for hydroxylation is 1. The number of ether oxygens (including phenoxy) is 2. The number of hydrogen-bond acceptors (Lipinski definition) is 5. The van der Waals surface area contributed by atoms with Crippen molar-refractivity contribution in [2.75, 3.05) is 13.7 Å². The quantitative estimate of drug-likeness (QED) is 0.387. The standard InChI is InChI=1S/C25H24F2N4O3/c1-3-31-23-19(15-29-31)18(14-20(30-23)17-7-5-4-6-8-17)24(32)28-12-11-16-9-10-21(33-2)22(13-16)34-25(26)27/h4-10,13-15,25H,3,11-12H2,1-2H3,(H,28,32). The second kappa shape index (κ2) is 10.3. The minimum Gasteiger partial charge on any atom is -0.493 e. The Morgan fingerprint density at radius 2 is 1.91 bits per heavy atom. The van der Waals surface area contributed by atoms with Crippen molar-refractivity contribution in [2.24, 2.45) is 0 Å². The van der Waals surface area contributed by atoms with Gasteiger partial charge in [0.05, 0.1) is 30.0 Å². The zero-order valence-corrected chi connectivity index (χ0v) is 18.8. The summed E-state index contributed by atoms with van der Waals surface area (Å²) >= 11 is 0. The van der Waals surface area contributed by atoms with Gasteiger partial charge in [0.25, 0.3) is 5.91 Å². The molecule has 7 nitrogen and oxygen atoms in total. The maximum atomic E-state index is 13.1. The van der Waals surface area contributed by atoms with Crippen LogP contribution >= 0.6 is 0 Å². The molecular weight excluding hydrogens is 442 g/mol. The van der Waals surface area contributed by atoms with Gasteiger partial charge in [0, 0.05) is 18.7 Å². The van der Waals surface area contributed by atoms with Crippen LogP contribution in [0.15, 0.2) is 60.8 Å². The number of amides is 1. The van der Waals surface area contributed by atoms with Gasteiger partial charge in [0.2, 0.25) is 0 Å². The number of benzene rings is 2. The molecule has 4 aromatic rings. The third-order valence-electron chi connectivity index (χ3n) is 5.37. The van der Waals surface area contributed by atoms with Crippen LogP contribution in [0.25, 0.3) is 22.3 Å². The summed E-state index contributed by atoms with van der Waals surface area (Å²) in [5, 5.41) is 7.93. The summed E-state index contributed by atoms with van der Waals surface area (Å²) in [5.74, 6) is -0.0944. The van der Waals surface area contributed by atoms with Gasteiger partial charge in [-0.2, -0.15) is 13.9 Å². The topological polar surface area (TPSA) is 78.3 Å². The lowest BCUT2D eigenvalue weighted by molar-refractivity contribution is -0.0512. The zero-order valence-electron chi connectivity index (χ0n) is 18.8. The number of pyridine rings is 1. The summed E-state index contributed by atoms with van der Waals surface area (Å²) in [6.07, 6.45) is 2.07. The number of halogens is 2. The molecule has 0 saturated carbocycles. The van der Waals surface area contributed by atoms with E-state index in [0.717, 1.165) is 11.1 Å². The average Bonchev–Trinajstić information content (AvgIpc) is 3.27. The van der Waals surface area contributed by atoms with E-state index < -0.39 is 6.61 Å². The monoisotopic (exact) mass is 466 g/mol. The predicted molar refractivity (Wildman–Crippen MR) is 124 cm³/mol. The van der Waals surface area contributed by atoms with Crippen molar-refractivity contribution < 1.29 is 23.0 Å². The van der Waals surface area contributed by atoms with Crippen LogP contribution in [0.2, 0.25) is 0 Å². The molecule has 1 N–H and O–H groups in total. The number of hydrogen-bond donors (Lipinski definition) is 1. The minimum atomic E-state index is -2.96. The van der Waals surface area contributed by atoms with Crippen molar-refractivity contribution >= 4 is 16.9 Å². The first-order chi connectivity index (χ1) is 16.5. The van der Waals surface area contributed by atoms with Gasteiger partial charge in [-0.15, -0.1) is 0 Å². The predicted octanol–water partition coefficient (Wildman–Crippen LogP) is 4.70. The van der Waals surface area contributed by atoms with Gasteiger partial charge in [-0.3, -0.25) is 4.79 Å². The number of alkyl halides is 2. The summed E-state index contributed by atoms with van der Waals surface area (Å²) < 4.78 is 36.7. The van der Waals surface area contributed by atoms with E-state index in [0.29, 0.717) is 41.8 Å². The third kappa shape index (κ3) is 4.98. The fourth-order valence-corrected chi connectivity index (χ4v) is 3.70. The molecule has 0 fully saturated rings. The normalized spacial score (nSPS) is 11.1. The van der Waals surface area contributed by atoms with Gasteiger partial charge in [-0.25, -0.2) is 9.67 Å². The van der Waals surface area contributed by atoms with Gasteiger partial charge in [0.15, 0.2) is 17.1 Å².